The van der Waals surface area contributed by atoms with Crippen LogP contribution in [-0.2, 0) is 0 Å². The number of rotatable bonds is 2. The van der Waals surface area contributed by atoms with Crippen LogP contribution in [-0.4, -0.2) is 21.9 Å². The van der Waals surface area contributed by atoms with E-state index in [9.17, 15) is 10.2 Å². The fraction of sp³-hybridized carbons (Fsp3) is 0.833. The van der Waals surface area contributed by atoms with Crippen molar-refractivity contribution in [3.63, 3.8) is 0 Å². The van der Waals surface area contributed by atoms with Crippen molar-refractivity contribution < 1.29 is 10.2 Å². The summed E-state index contributed by atoms with van der Waals surface area (Å²) in [5.41, 5.74) is 1.80. The van der Waals surface area contributed by atoms with Crippen LogP contribution in [0.15, 0.2) is 24.3 Å². The molecule has 0 saturated heterocycles. The Labute approximate surface area is 158 Å². The molecule has 0 radical (unpaired) electrons. The molecule has 5 aliphatic rings. The molecular weight excluding hydrogens is 320 g/mol. The third kappa shape index (κ3) is 1.47. The Morgan fingerprint density at radius 1 is 1.23 bits per heavy atom. The van der Waals surface area contributed by atoms with Crippen molar-refractivity contribution in [1.82, 2.24) is 0 Å². The van der Waals surface area contributed by atoms with Crippen molar-refractivity contribution in [2.45, 2.75) is 90.3 Å². The van der Waals surface area contributed by atoms with E-state index in [1.165, 1.54) is 12.8 Å². The molecule has 26 heavy (non-hydrogen) atoms. The first kappa shape index (κ1) is 17.5. The van der Waals surface area contributed by atoms with Crippen molar-refractivity contribution in [2.75, 3.05) is 0 Å². The molecule has 2 N–H and O–H groups in total. The Balaban J connectivity index is 1.67. The van der Waals surface area contributed by atoms with E-state index in [0.717, 1.165) is 50.9 Å². The van der Waals surface area contributed by atoms with Crippen LogP contribution in [0.25, 0.3) is 0 Å². The van der Waals surface area contributed by atoms with Gasteiger partial charge in [0, 0.05) is 16.2 Å². The van der Waals surface area contributed by atoms with Crippen molar-refractivity contribution in [1.29, 1.82) is 0 Å². The summed E-state index contributed by atoms with van der Waals surface area (Å²) in [6, 6.07) is 0. The standard InChI is InChI=1S/C24H36O2/c1-5-21-12-11-20(4,26)22(21,6-2)13-14-24-16(3)23(24)10-9-18(25)15-17(23)7-8-19(21)24/h5,7,16,18-19,25-26H,1,6,8-15H2,2-4H3. The SMILES string of the molecule is C=CC12CCC(C)(O)C1(CC)CCC13C2CC=C2CC(O)CCC21C3C. The Bertz CT molecular complexity index is 692. The zero-order valence-electron chi connectivity index (χ0n) is 16.9. The van der Waals surface area contributed by atoms with Gasteiger partial charge in [-0.05, 0) is 82.0 Å². The predicted octanol–water partition coefficient (Wildman–Crippen LogP) is 5.01. The largest absolute Gasteiger partial charge is 0.393 e. The monoisotopic (exact) mass is 356 g/mol. The van der Waals surface area contributed by atoms with E-state index >= 15 is 0 Å². The normalized spacial score (nSPS) is 60.2. The summed E-state index contributed by atoms with van der Waals surface area (Å²) in [6.07, 6.45) is 14.3. The van der Waals surface area contributed by atoms with Gasteiger partial charge in [-0.25, -0.2) is 0 Å². The smallest absolute Gasteiger partial charge is 0.0684 e. The number of allylic oxidation sites excluding steroid dienone is 2. The lowest BCUT2D eigenvalue weighted by molar-refractivity contribution is -0.153. The van der Waals surface area contributed by atoms with Crippen LogP contribution >= 0.6 is 0 Å². The van der Waals surface area contributed by atoms with Gasteiger partial charge in [0.2, 0.25) is 0 Å². The molecule has 2 nitrogen and oxygen atoms in total. The first-order valence-electron chi connectivity index (χ1n) is 11.0. The second-order valence-electron chi connectivity index (χ2n) is 10.6. The maximum Gasteiger partial charge on any atom is 0.0684 e. The highest BCUT2D eigenvalue weighted by molar-refractivity contribution is 5.45. The Hall–Kier alpha value is -0.600. The molecule has 0 aromatic carbocycles. The van der Waals surface area contributed by atoms with Crippen LogP contribution in [0.3, 0.4) is 0 Å². The van der Waals surface area contributed by atoms with Crippen molar-refractivity contribution in [3.05, 3.63) is 24.3 Å². The Morgan fingerprint density at radius 3 is 2.69 bits per heavy atom. The number of aliphatic hydroxyl groups is 2. The van der Waals surface area contributed by atoms with E-state index < -0.39 is 5.60 Å². The average Bonchev–Trinajstić information content (AvgIpc) is 3.05. The van der Waals surface area contributed by atoms with E-state index in [1.807, 2.05) is 0 Å². The molecule has 0 amide bonds. The van der Waals surface area contributed by atoms with Crippen molar-refractivity contribution in [3.8, 4) is 0 Å². The number of fused-ring (bicyclic) bond motifs is 2. The summed E-state index contributed by atoms with van der Waals surface area (Å²) in [4.78, 5) is 0. The molecular formula is C24H36O2. The molecule has 0 aromatic heterocycles. The van der Waals surface area contributed by atoms with Gasteiger partial charge in [-0.15, -0.1) is 6.58 Å². The van der Waals surface area contributed by atoms with Gasteiger partial charge in [-0.3, -0.25) is 0 Å². The lowest BCUT2D eigenvalue weighted by Crippen LogP contribution is -2.58. The van der Waals surface area contributed by atoms with E-state index in [0.29, 0.717) is 16.7 Å². The molecule has 144 valence electrons. The Morgan fingerprint density at radius 2 is 2.00 bits per heavy atom. The second kappa shape index (κ2) is 4.87. The third-order valence-electron chi connectivity index (χ3n) is 10.9. The molecule has 4 fully saturated rings. The number of aliphatic hydroxyl groups excluding tert-OH is 1. The third-order valence-corrected chi connectivity index (χ3v) is 10.9. The maximum atomic E-state index is 11.5. The van der Waals surface area contributed by atoms with Gasteiger partial charge in [-0.1, -0.05) is 31.6 Å². The molecule has 0 aromatic rings. The van der Waals surface area contributed by atoms with Gasteiger partial charge in [0.05, 0.1) is 11.7 Å². The van der Waals surface area contributed by atoms with Crippen LogP contribution in [0, 0.1) is 33.5 Å². The molecule has 8 atom stereocenters. The molecule has 0 bridgehead atoms. The second-order valence-corrected chi connectivity index (χ2v) is 10.6. The highest BCUT2D eigenvalue weighted by Crippen LogP contribution is 2.89. The van der Waals surface area contributed by atoms with E-state index in [2.05, 4.69) is 39.5 Å². The average molecular weight is 357 g/mol. The van der Waals surface area contributed by atoms with E-state index in [-0.39, 0.29) is 16.9 Å². The summed E-state index contributed by atoms with van der Waals surface area (Å²) in [7, 11) is 0. The molecule has 2 heteroatoms. The Kier molecular flexibility index (Phi) is 3.27. The van der Waals surface area contributed by atoms with Crippen LogP contribution in [0.4, 0.5) is 0 Å². The van der Waals surface area contributed by atoms with Gasteiger partial charge in [-0.2, -0.15) is 0 Å². The van der Waals surface area contributed by atoms with Gasteiger partial charge >= 0.3 is 0 Å². The molecule has 0 aliphatic heterocycles. The fourth-order valence-electron chi connectivity index (χ4n) is 9.78. The molecule has 5 aliphatic carbocycles. The van der Waals surface area contributed by atoms with Gasteiger partial charge < -0.3 is 10.2 Å². The minimum Gasteiger partial charge on any atom is -0.393 e. The number of hydrogen-bond donors (Lipinski definition) is 2. The molecule has 4 saturated carbocycles. The summed E-state index contributed by atoms with van der Waals surface area (Å²) in [5, 5.41) is 21.7. The van der Waals surface area contributed by atoms with Crippen LogP contribution < -0.4 is 0 Å². The minimum absolute atomic E-state index is 0.0132. The predicted molar refractivity (Wildman–Crippen MR) is 105 cm³/mol. The molecule has 2 spiro atoms. The molecule has 5 rings (SSSR count). The lowest BCUT2D eigenvalue weighted by atomic mass is 9.43. The summed E-state index contributed by atoms with van der Waals surface area (Å²) in [5.74, 6) is 1.34. The van der Waals surface area contributed by atoms with Crippen LogP contribution in [0.1, 0.15) is 78.6 Å². The highest BCUT2D eigenvalue weighted by atomic mass is 16.3. The van der Waals surface area contributed by atoms with Gasteiger partial charge in [0.1, 0.15) is 0 Å². The first-order valence-corrected chi connectivity index (χ1v) is 11.0. The minimum atomic E-state index is -0.574. The topological polar surface area (TPSA) is 40.5 Å². The molecule has 8 unspecified atom stereocenters. The zero-order chi connectivity index (χ0) is 18.6. The van der Waals surface area contributed by atoms with Crippen LogP contribution in [0.2, 0.25) is 0 Å². The maximum absolute atomic E-state index is 11.5. The van der Waals surface area contributed by atoms with Gasteiger partial charge in [0.25, 0.3) is 0 Å². The summed E-state index contributed by atoms with van der Waals surface area (Å²) < 4.78 is 0. The zero-order valence-corrected chi connectivity index (χ0v) is 16.9. The lowest BCUT2D eigenvalue weighted by Gasteiger charge is -2.62. The summed E-state index contributed by atoms with van der Waals surface area (Å²) in [6.45, 7) is 11.3. The summed E-state index contributed by atoms with van der Waals surface area (Å²) >= 11 is 0. The molecule has 0 heterocycles. The number of hydrogen-bond acceptors (Lipinski definition) is 2. The van der Waals surface area contributed by atoms with Crippen molar-refractivity contribution >= 4 is 0 Å². The quantitative estimate of drug-likeness (QED) is 0.683. The van der Waals surface area contributed by atoms with Crippen molar-refractivity contribution in [2.24, 2.45) is 33.5 Å². The van der Waals surface area contributed by atoms with Crippen LogP contribution in [0.5, 0.6) is 0 Å². The van der Waals surface area contributed by atoms with E-state index in [1.54, 1.807) is 5.57 Å². The van der Waals surface area contributed by atoms with Gasteiger partial charge in [0.15, 0.2) is 0 Å². The highest BCUT2D eigenvalue weighted by Gasteiger charge is 2.84. The van der Waals surface area contributed by atoms with E-state index in [4.69, 9.17) is 0 Å². The first-order chi connectivity index (χ1) is 12.3. The fourth-order valence-corrected chi connectivity index (χ4v) is 9.78.